The average Bonchev–Trinajstić information content (AvgIpc) is 2.94. The van der Waals surface area contributed by atoms with Crippen molar-refractivity contribution >= 4 is 29.1 Å². The van der Waals surface area contributed by atoms with Gasteiger partial charge in [0.1, 0.15) is 10.6 Å². The van der Waals surface area contributed by atoms with Crippen molar-refractivity contribution in [2.24, 2.45) is 0 Å². The summed E-state index contributed by atoms with van der Waals surface area (Å²) in [6.45, 7) is 0. The first-order valence-electron chi connectivity index (χ1n) is 4.59. The molecule has 6 nitrogen and oxygen atoms in total. The quantitative estimate of drug-likeness (QED) is 0.805. The molecule has 17 heavy (non-hydrogen) atoms. The number of hydrogen-bond donors (Lipinski definition) is 2. The first-order chi connectivity index (χ1) is 8.20. The fraction of sp³-hybridized carbons (Fsp3) is 0.222. The topological polar surface area (TPSA) is 88.1 Å². The number of carboxylic acids is 1. The van der Waals surface area contributed by atoms with Gasteiger partial charge in [-0.2, -0.15) is 0 Å². The maximum Gasteiger partial charge on any atom is 0.313 e. The van der Waals surface area contributed by atoms with Crippen LogP contribution in [-0.4, -0.2) is 39.1 Å². The summed E-state index contributed by atoms with van der Waals surface area (Å²) >= 11 is 2.55. The molecule has 0 saturated carbocycles. The van der Waals surface area contributed by atoms with Crippen molar-refractivity contribution < 1.29 is 14.6 Å². The number of carbonyl (C=O) groups is 1. The molecule has 0 radical (unpaired) electrons. The SMILES string of the molecule is COc1ccsc1-c1nc(SCC(=O)O)n[nH]1. The molecule has 0 aliphatic carbocycles. The Kier molecular flexibility index (Phi) is 3.64. The van der Waals surface area contributed by atoms with E-state index in [-0.39, 0.29) is 5.75 Å². The number of thiophene rings is 1. The number of ether oxygens (including phenoxy) is 1. The smallest absolute Gasteiger partial charge is 0.313 e. The van der Waals surface area contributed by atoms with Gasteiger partial charge in [0.2, 0.25) is 5.16 Å². The third-order valence-corrected chi connectivity index (χ3v) is 3.59. The predicted octanol–water partition coefficient (Wildman–Crippen LogP) is 1.72. The number of hydrogen-bond acceptors (Lipinski definition) is 6. The van der Waals surface area contributed by atoms with Gasteiger partial charge in [-0.05, 0) is 11.4 Å². The highest BCUT2D eigenvalue weighted by atomic mass is 32.2. The van der Waals surface area contributed by atoms with E-state index in [4.69, 9.17) is 9.84 Å². The van der Waals surface area contributed by atoms with Crippen LogP contribution in [0.5, 0.6) is 5.75 Å². The molecule has 2 heterocycles. The average molecular weight is 271 g/mol. The van der Waals surface area contributed by atoms with Crippen molar-refractivity contribution in [3.05, 3.63) is 11.4 Å². The number of nitrogens with one attached hydrogen (secondary N) is 1. The van der Waals surface area contributed by atoms with E-state index in [1.807, 2.05) is 11.4 Å². The highest BCUT2D eigenvalue weighted by Crippen LogP contribution is 2.33. The predicted molar refractivity (Wildman–Crippen MR) is 64.6 cm³/mol. The molecular formula is C9H9N3O3S2. The normalized spacial score (nSPS) is 10.4. The molecule has 8 heteroatoms. The molecule has 0 saturated heterocycles. The second kappa shape index (κ2) is 5.19. The Hall–Kier alpha value is -1.54. The van der Waals surface area contributed by atoms with Gasteiger partial charge in [0, 0.05) is 0 Å². The van der Waals surface area contributed by atoms with Crippen molar-refractivity contribution in [2.45, 2.75) is 5.16 Å². The number of thioether (sulfide) groups is 1. The second-order valence-electron chi connectivity index (χ2n) is 2.97. The molecule has 0 aliphatic rings. The van der Waals surface area contributed by atoms with Gasteiger partial charge in [-0.1, -0.05) is 11.8 Å². The molecule has 2 aromatic rings. The summed E-state index contributed by atoms with van der Waals surface area (Å²) in [6, 6.07) is 1.84. The third kappa shape index (κ3) is 2.77. The second-order valence-corrected chi connectivity index (χ2v) is 4.83. The summed E-state index contributed by atoms with van der Waals surface area (Å²) < 4.78 is 5.17. The number of aromatic nitrogens is 3. The molecular weight excluding hydrogens is 262 g/mol. The Morgan fingerprint density at radius 1 is 1.71 bits per heavy atom. The Morgan fingerprint density at radius 3 is 3.24 bits per heavy atom. The van der Waals surface area contributed by atoms with Gasteiger partial charge < -0.3 is 9.84 Å². The number of H-pyrrole nitrogens is 1. The summed E-state index contributed by atoms with van der Waals surface area (Å²) in [4.78, 5) is 15.4. The zero-order valence-electron chi connectivity index (χ0n) is 8.84. The zero-order chi connectivity index (χ0) is 12.3. The van der Waals surface area contributed by atoms with Crippen LogP contribution in [0.3, 0.4) is 0 Å². The van der Waals surface area contributed by atoms with Crippen LogP contribution in [0.1, 0.15) is 0 Å². The van der Waals surface area contributed by atoms with E-state index in [9.17, 15) is 4.79 Å². The molecule has 0 atom stereocenters. The number of carboxylic acid groups (broad SMARTS) is 1. The van der Waals surface area contributed by atoms with E-state index in [2.05, 4.69) is 15.2 Å². The van der Waals surface area contributed by atoms with Crippen molar-refractivity contribution in [1.82, 2.24) is 15.2 Å². The monoisotopic (exact) mass is 271 g/mol. The van der Waals surface area contributed by atoms with Crippen molar-refractivity contribution in [3.8, 4) is 16.5 Å². The maximum absolute atomic E-state index is 10.4. The van der Waals surface area contributed by atoms with E-state index in [1.54, 1.807) is 7.11 Å². The van der Waals surface area contributed by atoms with E-state index in [1.165, 1.54) is 11.3 Å². The molecule has 0 fully saturated rings. The molecule has 2 N–H and O–H groups in total. The number of aliphatic carboxylic acids is 1. The van der Waals surface area contributed by atoms with Crippen LogP contribution in [0, 0.1) is 0 Å². The van der Waals surface area contributed by atoms with Gasteiger partial charge in [-0.15, -0.1) is 16.4 Å². The molecule has 0 unspecified atom stereocenters. The summed E-state index contributed by atoms with van der Waals surface area (Å²) in [5, 5.41) is 17.5. The number of rotatable bonds is 5. The van der Waals surface area contributed by atoms with Crippen LogP contribution in [-0.2, 0) is 4.79 Å². The molecule has 0 bridgehead atoms. The zero-order valence-corrected chi connectivity index (χ0v) is 10.5. The minimum Gasteiger partial charge on any atom is -0.495 e. The largest absolute Gasteiger partial charge is 0.495 e. The number of nitrogens with zero attached hydrogens (tertiary/aromatic N) is 2. The first-order valence-corrected chi connectivity index (χ1v) is 6.46. The maximum atomic E-state index is 10.4. The Bertz CT molecular complexity index is 523. The van der Waals surface area contributed by atoms with Gasteiger partial charge >= 0.3 is 5.97 Å². The minimum absolute atomic E-state index is 0.0567. The lowest BCUT2D eigenvalue weighted by Gasteiger charge is -1.97. The highest BCUT2D eigenvalue weighted by molar-refractivity contribution is 7.99. The van der Waals surface area contributed by atoms with Crippen LogP contribution >= 0.6 is 23.1 Å². The first kappa shape index (κ1) is 11.9. The Morgan fingerprint density at radius 2 is 2.53 bits per heavy atom. The highest BCUT2D eigenvalue weighted by Gasteiger charge is 2.13. The molecule has 0 aliphatic heterocycles. The van der Waals surface area contributed by atoms with E-state index in [0.717, 1.165) is 22.4 Å². The minimum atomic E-state index is -0.893. The van der Waals surface area contributed by atoms with Crippen LogP contribution in [0.15, 0.2) is 16.6 Å². The lowest BCUT2D eigenvalue weighted by molar-refractivity contribution is -0.133. The van der Waals surface area contributed by atoms with Gasteiger partial charge in [0.25, 0.3) is 0 Å². The van der Waals surface area contributed by atoms with E-state index < -0.39 is 5.97 Å². The Balaban J connectivity index is 2.15. The molecule has 2 aromatic heterocycles. The van der Waals surface area contributed by atoms with Crippen molar-refractivity contribution in [1.29, 1.82) is 0 Å². The number of methoxy groups -OCH3 is 1. The van der Waals surface area contributed by atoms with Crippen LogP contribution in [0.25, 0.3) is 10.7 Å². The molecule has 0 spiro atoms. The van der Waals surface area contributed by atoms with Gasteiger partial charge in [0.15, 0.2) is 5.82 Å². The van der Waals surface area contributed by atoms with Crippen molar-refractivity contribution in [3.63, 3.8) is 0 Å². The molecule has 90 valence electrons. The standard InChI is InChI=1S/C9H9N3O3S2/c1-15-5-2-3-16-7(5)8-10-9(12-11-8)17-4-6(13)14/h2-3H,4H2,1H3,(H,13,14)(H,10,11,12). The van der Waals surface area contributed by atoms with Gasteiger partial charge in [-0.3, -0.25) is 9.89 Å². The van der Waals surface area contributed by atoms with Gasteiger partial charge in [-0.25, -0.2) is 4.98 Å². The lowest BCUT2D eigenvalue weighted by Crippen LogP contribution is -1.97. The van der Waals surface area contributed by atoms with Crippen LogP contribution in [0.4, 0.5) is 0 Å². The van der Waals surface area contributed by atoms with E-state index in [0.29, 0.717) is 11.0 Å². The van der Waals surface area contributed by atoms with E-state index >= 15 is 0 Å². The number of aromatic amines is 1. The third-order valence-electron chi connectivity index (χ3n) is 1.85. The molecule has 2 rings (SSSR count). The van der Waals surface area contributed by atoms with Crippen LogP contribution < -0.4 is 4.74 Å². The fourth-order valence-electron chi connectivity index (χ4n) is 1.17. The fourth-order valence-corrected chi connectivity index (χ4v) is 2.49. The molecule has 0 amide bonds. The van der Waals surface area contributed by atoms with Gasteiger partial charge in [0.05, 0.1) is 12.9 Å². The van der Waals surface area contributed by atoms with Crippen LogP contribution in [0.2, 0.25) is 0 Å². The molecule has 0 aromatic carbocycles. The van der Waals surface area contributed by atoms with Crippen molar-refractivity contribution in [2.75, 3.05) is 12.9 Å². The summed E-state index contributed by atoms with van der Waals surface area (Å²) in [6.07, 6.45) is 0. The lowest BCUT2D eigenvalue weighted by atomic mass is 10.4. The Labute approximate surface area is 105 Å². The summed E-state index contributed by atoms with van der Waals surface area (Å²) in [5.74, 6) is 0.361. The summed E-state index contributed by atoms with van der Waals surface area (Å²) in [5.41, 5.74) is 0. The summed E-state index contributed by atoms with van der Waals surface area (Å²) in [7, 11) is 1.59.